The summed E-state index contributed by atoms with van der Waals surface area (Å²) in [6.45, 7) is 1.87. The number of carbonyl (C=O) groups is 3. The average molecular weight is 453 g/mol. The molecule has 2 fully saturated rings. The van der Waals surface area contributed by atoms with E-state index in [0.29, 0.717) is 11.1 Å². The molecule has 4 rings (SSSR count). The average Bonchev–Trinajstić information content (AvgIpc) is 3.31. The second-order valence-electron chi connectivity index (χ2n) is 7.84. The van der Waals surface area contributed by atoms with Gasteiger partial charge in [0, 0.05) is 18.5 Å². The molecule has 0 bridgehead atoms. The van der Waals surface area contributed by atoms with E-state index in [-0.39, 0.29) is 18.0 Å². The van der Waals surface area contributed by atoms with Crippen molar-refractivity contribution in [2.45, 2.75) is 24.9 Å². The number of likely N-dealkylation sites (N-methyl/N-ethyl adjacent to an activating group) is 1. The lowest BCUT2D eigenvalue weighted by atomic mass is 9.79. The summed E-state index contributed by atoms with van der Waals surface area (Å²) in [4.78, 5) is 53.2. The Kier molecular flexibility index (Phi) is 5.75. The maximum absolute atomic E-state index is 13.3. The van der Waals surface area contributed by atoms with Crippen molar-refractivity contribution in [1.29, 1.82) is 0 Å². The number of benzene rings is 2. The molecule has 4 atom stereocenters. The Hall–Kier alpha value is -3.95. The molecule has 0 aliphatic carbocycles. The number of methoxy groups -OCH3 is 2. The van der Waals surface area contributed by atoms with E-state index >= 15 is 0 Å². The summed E-state index contributed by atoms with van der Waals surface area (Å²) in [5.74, 6) is -2.59. The van der Waals surface area contributed by atoms with Crippen LogP contribution in [0.1, 0.15) is 30.0 Å². The molecule has 0 aromatic heterocycles. The molecule has 10 heteroatoms. The van der Waals surface area contributed by atoms with Gasteiger partial charge in [-0.25, -0.2) is 4.79 Å². The van der Waals surface area contributed by atoms with Crippen molar-refractivity contribution in [1.82, 2.24) is 9.80 Å². The van der Waals surface area contributed by atoms with Gasteiger partial charge in [0.15, 0.2) is 5.75 Å². The number of amides is 3. The summed E-state index contributed by atoms with van der Waals surface area (Å²) in [5.41, 5.74) is 0.747. The number of hydrogen-bond acceptors (Lipinski definition) is 7. The first kappa shape index (κ1) is 22.3. The number of nitrogens with zero attached hydrogens (tertiary/aromatic N) is 3. The van der Waals surface area contributed by atoms with Crippen LogP contribution >= 0.6 is 0 Å². The number of carbonyl (C=O) groups excluding carboxylic acids is 3. The standard InChI is InChI=1S/C23H23N3O7/c1-4-24-21(27)20-17(13-8-6-5-7-9-13)18(22(28)33-3)19(25(20)23(24)29)14-10-11-16(32-2)15(12-14)26(30)31/h5-12,17-20H,4H2,1-3H3. The molecule has 10 nitrogen and oxygen atoms in total. The molecule has 2 saturated heterocycles. The summed E-state index contributed by atoms with van der Waals surface area (Å²) in [7, 11) is 2.56. The quantitative estimate of drug-likeness (QED) is 0.285. The summed E-state index contributed by atoms with van der Waals surface area (Å²) in [6.07, 6.45) is 0. The summed E-state index contributed by atoms with van der Waals surface area (Å²) >= 11 is 0. The van der Waals surface area contributed by atoms with Crippen LogP contribution in [0.4, 0.5) is 10.5 Å². The molecule has 2 aliphatic heterocycles. The zero-order valence-electron chi connectivity index (χ0n) is 18.3. The fourth-order valence-corrected chi connectivity index (χ4v) is 4.98. The van der Waals surface area contributed by atoms with Gasteiger partial charge >= 0.3 is 17.7 Å². The van der Waals surface area contributed by atoms with Crippen LogP contribution in [0.3, 0.4) is 0 Å². The van der Waals surface area contributed by atoms with Crippen molar-refractivity contribution in [3.05, 3.63) is 69.8 Å². The van der Waals surface area contributed by atoms with E-state index in [2.05, 4.69) is 0 Å². The molecule has 2 aliphatic rings. The van der Waals surface area contributed by atoms with Crippen LogP contribution in [0.15, 0.2) is 48.5 Å². The van der Waals surface area contributed by atoms with Crippen molar-refractivity contribution in [3.63, 3.8) is 0 Å². The molecule has 4 unspecified atom stereocenters. The van der Waals surface area contributed by atoms with E-state index < -0.39 is 46.8 Å². The van der Waals surface area contributed by atoms with Crippen molar-refractivity contribution in [2.75, 3.05) is 20.8 Å². The van der Waals surface area contributed by atoms with Gasteiger partial charge < -0.3 is 14.4 Å². The van der Waals surface area contributed by atoms with Gasteiger partial charge in [-0.3, -0.25) is 24.6 Å². The highest BCUT2D eigenvalue weighted by Gasteiger charge is 2.63. The number of rotatable bonds is 6. The Labute approximate surface area is 189 Å². The highest BCUT2D eigenvalue weighted by molar-refractivity contribution is 6.06. The third kappa shape index (κ3) is 3.38. The van der Waals surface area contributed by atoms with E-state index in [4.69, 9.17) is 9.47 Å². The fourth-order valence-electron chi connectivity index (χ4n) is 4.98. The van der Waals surface area contributed by atoms with Crippen LogP contribution < -0.4 is 4.74 Å². The minimum absolute atomic E-state index is 0.0477. The van der Waals surface area contributed by atoms with E-state index in [1.807, 2.05) is 6.07 Å². The number of ether oxygens (including phenoxy) is 2. The van der Waals surface area contributed by atoms with Crippen LogP contribution in [-0.2, 0) is 14.3 Å². The molecule has 2 aromatic rings. The topological polar surface area (TPSA) is 119 Å². The van der Waals surface area contributed by atoms with Crippen molar-refractivity contribution >= 4 is 23.6 Å². The van der Waals surface area contributed by atoms with Crippen molar-refractivity contribution in [3.8, 4) is 5.75 Å². The molecule has 3 amide bonds. The Morgan fingerprint density at radius 1 is 1.06 bits per heavy atom. The first-order valence-corrected chi connectivity index (χ1v) is 10.4. The second kappa shape index (κ2) is 8.53. The molecule has 172 valence electrons. The fraction of sp³-hybridized carbons (Fsp3) is 0.348. The molecular formula is C23H23N3O7. The van der Waals surface area contributed by atoms with Gasteiger partial charge in [0.1, 0.15) is 6.04 Å². The molecule has 33 heavy (non-hydrogen) atoms. The number of nitro groups is 1. The largest absolute Gasteiger partial charge is 0.490 e. The number of imide groups is 1. The predicted octanol–water partition coefficient (Wildman–Crippen LogP) is 2.88. The second-order valence-corrected chi connectivity index (χ2v) is 7.84. The number of urea groups is 1. The normalized spacial score (nSPS) is 24.1. The summed E-state index contributed by atoms with van der Waals surface area (Å²) in [5, 5.41) is 11.6. The van der Waals surface area contributed by atoms with E-state index in [0.717, 1.165) is 4.90 Å². The number of hydrogen-bond donors (Lipinski definition) is 0. The molecule has 0 N–H and O–H groups in total. The Balaban J connectivity index is 1.95. The van der Waals surface area contributed by atoms with Gasteiger partial charge in [-0.2, -0.15) is 0 Å². The van der Waals surface area contributed by atoms with E-state index in [9.17, 15) is 24.5 Å². The van der Waals surface area contributed by atoms with Crippen LogP contribution in [0, 0.1) is 16.0 Å². The van der Waals surface area contributed by atoms with Crippen LogP contribution in [0.5, 0.6) is 5.75 Å². The van der Waals surface area contributed by atoms with Crippen LogP contribution in [0.2, 0.25) is 0 Å². The maximum atomic E-state index is 13.3. The van der Waals surface area contributed by atoms with Gasteiger partial charge in [-0.15, -0.1) is 0 Å². The lowest BCUT2D eigenvalue weighted by Gasteiger charge is -2.27. The maximum Gasteiger partial charge on any atom is 0.327 e. The molecule has 2 heterocycles. The molecule has 0 spiro atoms. The predicted molar refractivity (Wildman–Crippen MR) is 115 cm³/mol. The smallest absolute Gasteiger partial charge is 0.327 e. The highest BCUT2D eigenvalue weighted by atomic mass is 16.6. The van der Waals surface area contributed by atoms with Gasteiger partial charge in [0.2, 0.25) is 0 Å². The third-order valence-electron chi connectivity index (χ3n) is 6.35. The minimum atomic E-state index is -0.942. The zero-order chi connectivity index (χ0) is 23.9. The Morgan fingerprint density at radius 3 is 2.33 bits per heavy atom. The zero-order valence-corrected chi connectivity index (χ0v) is 18.3. The number of esters is 1. The SMILES string of the molecule is CCN1C(=O)C2C(c3ccccc3)C(C(=O)OC)C(c3ccc(OC)c([N+](=O)[O-])c3)N2C1=O. The first-order valence-electron chi connectivity index (χ1n) is 10.4. The Morgan fingerprint density at radius 2 is 1.76 bits per heavy atom. The molecular weight excluding hydrogens is 430 g/mol. The lowest BCUT2D eigenvalue weighted by molar-refractivity contribution is -0.385. The van der Waals surface area contributed by atoms with Crippen molar-refractivity contribution in [2.24, 2.45) is 5.92 Å². The van der Waals surface area contributed by atoms with Crippen LogP contribution in [-0.4, -0.2) is 59.4 Å². The van der Waals surface area contributed by atoms with E-state index in [1.54, 1.807) is 37.3 Å². The molecule has 2 aromatic carbocycles. The first-order chi connectivity index (χ1) is 15.8. The van der Waals surface area contributed by atoms with Gasteiger partial charge in [-0.1, -0.05) is 36.4 Å². The van der Waals surface area contributed by atoms with E-state index in [1.165, 1.54) is 31.3 Å². The lowest BCUT2D eigenvalue weighted by Crippen LogP contribution is -2.38. The monoisotopic (exact) mass is 453 g/mol. The van der Waals surface area contributed by atoms with Gasteiger partial charge in [0.25, 0.3) is 5.91 Å². The summed E-state index contributed by atoms with van der Waals surface area (Å²) < 4.78 is 10.2. The molecule has 0 saturated carbocycles. The molecule has 0 radical (unpaired) electrons. The van der Waals surface area contributed by atoms with Gasteiger partial charge in [-0.05, 0) is 24.1 Å². The summed E-state index contributed by atoms with van der Waals surface area (Å²) in [6, 6.07) is 10.9. The Bertz CT molecular complexity index is 1120. The van der Waals surface area contributed by atoms with Gasteiger partial charge in [0.05, 0.1) is 31.1 Å². The van der Waals surface area contributed by atoms with Crippen LogP contribution in [0.25, 0.3) is 0 Å². The number of nitro benzene ring substituents is 1. The minimum Gasteiger partial charge on any atom is -0.490 e. The number of fused-ring (bicyclic) bond motifs is 1. The highest BCUT2D eigenvalue weighted by Crippen LogP contribution is 2.53. The van der Waals surface area contributed by atoms with Crippen molar-refractivity contribution < 1.29 is 28.8 Å². The third-order valence-corrected chi connectivity index (χ3v) is 6.35.